The molecule has 2 fully saturated rings. The zero-order valence-electron chi connectivity index (χ0n) is 17.2. The van der Waals surface area contributed by atoms with E-state index < -0.39 is 29.7 Å². The zero-order valence-corrected chi connectivity index (χ0v) is 18.8. The van der Waals surface area contributed by atoms with Crippen LogP contribution in [0.2, 0.25) is 0 Å². The number of nitrogens with two attached hydrogens (primary N) is 1. The van der Waals surface area contributed by atoms with E-state index >= 15 is 0 Å². The topological polar surface area (TPSA) is 142 Å². The summed E-state index contributed by atoms with van der Waals surface area (Å²) in [6.45, 7) is 1.10. The fourth-order valence-corrected chi connectivity index (χ4v) is 4.18. The normalized spacial score (nSPS) is 22.5. The molecule has 1 unspecified atom stereocenters. The molecule has 3 aliphatic heterocycles. The van der Waals surface area contributed by atoms with Crippen LogP contribution in [0.15, 0.2) is 18.2 Å². The van der Waals surface area contributed by atoms with Gasteiger partial charge in [0, 0.05) is 31.2 Å². The van der Waals surface area contributed by atoms with Crippen molar-refractivity contribution in [3.05, 3.63) is 29.3 Å². The lowest BCUT2D eigenvalue weighted by molar-refractivity contribution is -0.136. The highest BCUT2D eigenvalue weighted by Gasteiger charge is 2.45. The number of rotatable bonds is 4. The summed E-state index contributed by atoms with van der Waals surface area (Å²) in [5.74, 6) is -2.42. The number of nitrogens with zero attached hydrogens (tertiary/aromatic N) is 2. The molecule has 4 rings (SSSR count). The first-order valence-corrected chi connectivity index (χ1v) is 9.98. The molecule has 10 nitrogen and oxygen atoms in total. The van der Waals surface area contributed by atoms with E-state index in [0.29, 0.717) is 18.8 Å². The average Bonchev–Trinajstić information content (AvgIpc) is 2.97. The number of amides is 5. The number of hydrogen-bond acceptors (Lipinski definition) is 7. The second-order valence-electron chi connectivity index (χ2n) is 7.77. The maximum Gasteiger partial charge on any atom is 0.264 e. The Morgan fingerprint density at radius 3 is 2.56 bits per heavy atom. The number of benzene rings is 1. The number of anilines is 1. The molecule has 32 heavy (non-hydrogen) atoms. The third-order valence-corrected chi connectivity index (χ3v) is 5.71. The van der Waals surface area contributed by atoms with Crippen LogP contribution in [-0.4, -0.2) is 71.1 Å². The number of imide groups is 2. The minimum atomic E-state index is -1.03. The summed E-state index contributed by atoms with van der Waals surface area (Å²) in [6.07, 6.45) is 1.88. The molecule has 174 valence electrons. The highest BCUT2D eigenvalue weighted by Crippen LogP contribution is 2.32. The summed E-state index contributed by atoms with van der Waals surface area (Å²) < 4.78 is 0. The van der Waals surface area contributed by atoms with E-state index in [1.54, 1.807) is 17.0 Å². The number of carbonyl (C=O) groups is 5. The van der Waals surface area contributed by atoms with Crippen LogP contribution in [0, 0.1) is 0 Å². The van der Waals surface area contributed by atoms with Crippen molar-refractivity contribution in [2.24, 2.45) is 5.73 Å². The van der Waals surface area contributed by atoms with E-state index in [-0.39, 0.29) is 67.3 Å². The van der Waals surface area contributed by atoms with E-state index in [0.717, 1.165) is 17.7 Å². The van der Waals surface area contributed by atoms with Gasteiger partial charge in [0.05, 0.1) is 17.7 Å². The Hall–Kier alpha value is -2.69. The summed E-state index contributed by atoms with van der Waals surface area (Å²) in [5, 5.41) is 5.13. The van der Waals surface area contributed by atoms with Gasteiger partial charge in [-0.25, -0.2) is 0 Å². The predicted octanol–water partition coefficient (Wildman–Crippen LogP) is 0.293. The monoisotopic (exact) mass is 485 g/mol. The van der Waals surface area contributed by atoms with Gasteiger partial charge in [-0.1, -0.05) is 6.07 Å². The van der Waals surface area contributed by atoms with Gasteiger partial charge in [-0.2, -0.15) is 0 Å². The van der Waals surface area contributed by atoms with Gasteiger partial charge in [-0.3, -0.25) is 34.2 Å². The molecule has 12 heteroatoms. The van der Waals surface area contributed by atoms with E-state index in [2.05, 4.69) is 10.6 Å². The quantitative estimate of drug-likeness (QED) is 0.520. The van der Waals surface area contributed by atoms with Crippen LogP contribution in [0.4, 0.5) is 5.69 Å². The molecule has 0 spiro atoms. The molecule has 1 aromatic rings. The summed E-state index contributed by atoms with van der Waals surface area (Å²) >= 11 is 0. The minimum absolute atomic E-state index is 0. The van der Waals surface area contributed by atoms with Gasteiger partial charge >= 0.3 is 0 Å². The molecule has 4 N–H and O–H groups in total. The number of carbonyl (C=O) groups excluding carboxylic acids is 5. The van der Waals surface area contributed by atoms with Crippen molar-refractivity contribution >= 4 is 60.0 Å². The van der Waals surface area contributed by atoms with Crippen molar-refractivity contribution in [2.75, 3.05) is 25.0 Å². The summed E-state index contributed by atoms with van der Waals surface area (Å²) in [4.78, 5) is 64.5. The first-order chi connectivity index (χ1) is 14.4. The molecule has 0 aromatic heterocycles. The Morgan fingerprint density at radius 2 is 1.88 bits per heavy atom. The molecule has 3 heterocycles. The first-order valence-electron chi connectivity index (χ1n) is 9.98. The van der Waals surface area contributed by atoms with E-state index in [4.69, 9.17) is 5.73 Å². The molecule has 0 aliphatic carbocycles. The van der Waals surface area contributed by atoms with Gasteiger partial charge in [0.25, 0.3) is 11.8 Å². The zero-order chi connectivity index (χ0) is 21.4. The smallest absolute Gasteiger partial charge is 0.264 e. The number of nitrogens with one attached hydrogen (secondary N) is 2. The molecule has 2 atom stereocenters. The number of piperidine rings is 2. The first kappa shape index (κ1) is 25.6. The fraction of sp³-hybridized carbons (Fsp3) is 0.450. The summed E-state index contributed by atoms with van der Waals surface area (Å²) in [7, 11) is 0. The van der Waals surface area contributed by atoms with Crippen LogP contribution < -0.4 is 16.4 Å². The van der Waals surface area contributed by atoms with Crippen LogP contribution in [0.25, 0.3) is 0 Å². The molecular formula is C20H25Cl2N5O5. The molecule has 2 saturated heterocycles. The molecule has 0 bridgehead atoms. The molecule has 1 aromatic carbocycles. The van der Waals surface area contributed by atoms with Crippen LogP contribution in [0.1, 0.15) is 46.4 Å². The molecule has 0 saturated carbocycles. The van der Waals surface area contributed by atoms with Gasteiger partial charge in [0.1, 0.15) is 6.04 Å². The van der Waals surface area contributed by atoms with Crippen LogP contribution >= 0.6 is 24.8 Å². The fourth-order valence-electron chi connectivity index (χ4n) is 4.18. The molecule has 5 amide bonds. The lowest BCUT2D eigenvalue weighted by Crippen LogP contribution is -2.54. The lowest BCUT2D eigenvalue weighted by atomic mass is 10.0. The Labute approximate surface area is 197 Å². The highest BCUT2D eigenvalue weighted by atomic mass is 35.5. The van der Waals surface area contributed by atoms with Crippen molar-refractivity contribution in [2.45, 2.75) is 37.8 Å². The Kier molecular flexibility index (Phi) is 8.22. The Bertz CT molecular complexity index is 956. The lowest BCUT2D eigenvalue weighted by Gasteiger charge is -2.31. The molecule has 0 radical (unpaired) electrons. The van der Waals surface area contributed by atoms with Crippen molar-refractivity contribution in [1.82, 2.24) is 15.1 Å². The predicted molar refractivity (Wildman–Crippen MR) is 120 cm³/mol. The van der Waals surface area contributed by atoms with Gasteiger partial charge in [-0.15, -0.1) is 24.8 Å². The van der Waals surface area contributed by atoms with Crippen molar-refractivity contribution in [3.63, 3.8) is 0 Å². The van der Waals surface area contributed by atoms with E-state index in [1.807, 2.05) is 0 Å². The number of likely N-dealkylation sites (tertiary alicyclic amines) is 1. The maximum absolute atomic E-state index is 13.0. The highest BCUT2D eigenvalue weighted by molar-refractivity contribution is 6.25. The van der Waals surface area contributed by atoms with Gasteiger partial charge in [0.2, 0.25) is 17.7 Å². The minimum Gasteiger partial charge on any atom is -0.375 e. The summed E-state index contributed by atoms with van der Waals surface area (Å²) in [6, 6.07) is 3.68. The SMILES string of the molecule is Cl.Cl.N[C@@H]1CCCN(C(=O)CNc2cccc3c2C(=O)N(C2CCC(=O)NC2=O)C3=O)C1. The van der Waals surface area contributed by atoms with Gasteiger partial charge in [0.15, 0.2) is 0 Å². The summed E-state index contributed by atoms with van der Waals surface area (Å²) in [5.41, 5.74) is 6.59. The molecule has 3 aliphatic rings. The van der Waals surface area contributed by atoms with Crippen molar-refractivity contribution in [1.29, 1.82) is 0 Å². The Morgan fingerprint density at radius 1 is 1.12 bits per heavy atom. The maximum atomic E-state index is 13.0. The number of fused-ring (bicyclic) bond motifs is 1. The van der Waals surface area contributed by atoms with Crippen molar-refractivity contribution < 1.29 is 24.0 Å². The standard InChI is InChI=1S/C20H23N5O5.2ClH/c21-11-3-2-8-24(10-11)16(27)9-22-13-5-1-4-12-17(13)20(30)25(19(12)29)14-6-7-15(26)23-18(14)28;;/h1,4-5,11,14,22H,2-3,6-10,21H2,(H,23,26,28);2*1H/t11-,14?;;/m1../s1. The number of halogens is 2. The van der Waals surface area contributed by atoms with Gasteiger partial charge < -0.3 is 16.0 Å². The third-order valence-electron chi connectivity index (χ3n) is 5.71. The van der Waals surface area contributed by atoms with E-state index in [1.165, 1.54) is 6.07 Å². The van der Waals surface area contributed by atoms with Crippen LogP contribution in [0.5, 0.6) is 0 Å². The van der Waals surface area contributed by atoms with Crippen LogP contribution in [0.3, 0.4) is 0 Å². The average molecular weight is 486 g/mol. The second-order valence-corrected chi connectivity index (χ2v) is 7.77. The van der Waals surface area contributed by atoms with Gasteiger partial charge in [-0.05, 0) is 31.4 Å². The van der Waals surface area contributed by atoms with Crippen LogP contribution in [-0.2, 0) is 14.4 Å². The third kappa shape index (κ3) is 4.72. The largest absolute Gasteiger partial charge is 0.375 e. The second kappa shape index (κ2) is 10.3. The van der Waals surface area contributed by atoms with Crippen molar-refractivity contribution in [3.8, 4) is 0 Å². The molecular weight excluding hydrogens is 461 g/mol. The number of hydrogen-bond donors (Lipinski definition) is 3. The Balaban J connectivity index is 0.00000181. The van der Waals surface area contributed by atoms with E-state index in [9.17, 15) is 24.0 Å².